The minimum atomic E-state index is -0.184. The molecule has 7 heteroatoms. The molecule has 0 aliphatic carbocycles. The summed E-state index contributed by atoms with van der Waals surface area (Å²) >= 11 is 0. The predicted octanol–water partition coefficient (Wildman–Crippen LogP) is 0.473. The number of hydrogen-bond donors (Lipinski definition) is 3. The van der Waals surface area contributed by atoms with E-state index >= 15 is 0 Å². The summed E-state index contributed by atoms with van der Waals surface area (Å²) in [4.78, 5) is 38.4. The van der Waals surface area contributed by atoms with Gasteiger partial charge in [-0.1, -0.05) is 12.1 Å². The van der Waals surface area contributed by atoms with E-state index in [4.69, 9.17) is 5.90 Å². The summed E-state index contributed by atoms with van der Waals surface area (Å²) in [6, 6.07) is 7.18. The van der Waals surface area contributed by atoms with Crippen molar-refractivity contribution in [2.45, 2.75) is 32.6 Å². The first kappa shape index (κ1) is 18.6. The van der Waals surface area contributed by atoms with Gasteiger partial charge in [0.1, 0.15) is 11.5 Å². The minimum Gasteiger partial charge on any atom is -0.412 e. The van der Waals surface area contributed by atoms with E-state index in [0.29, 0.717) is 31.7 Å². The molecule has 1 aromatic rings. The van der Waals surface area contributed by atoms with E-state index in [0.717, 1.165) is 5.56 Å². The smallest absolute Gasteiger partial charge is 0.220 e. The van der Waals surface area contributed by atoms with Gasteiger partial charge in [0, 0.05) is 32.4 Å². The standard InChI is InChI=1S/C16H23N3O4/c1-12(20)2-8-15(21)18-10-11-19-16(22)9-5-13-3-6-14(23-17)7-4-13/h3-4,6-7H,2,5,8-11,17H2,1H3,(H,18,21)(H,19,22). The van der Waals surface area contributed by atoms with Crippen LogP contribution < -0.4 is 21.4 Å². The molecule has 0 radical (unpaired) electrons. The quantitative estimate of drug-likeness (QED) is 0.429. The number of amides is 2. The molecule has 0 bridgehead atoms. The highest BCUT2D eigenvalue weighted by molar-refractivity contribution is 5.83. The Morgan fingerprint density at radius 3 is 2.04 bits per heavy atom. The Labute approximate surface area is 135 Å². The number of carbonyl (C=O) groups excluding carboxylic acids is 3. The van der Waals surface area contributed by atoms with Crippen molar-refractivity contribution in [1.29, 1.82) is 0 Å². The fourth-order valence-corrected chi connectivity index (χ4v) is 1.86. The van der Waals surface area contributed by atoms with Crippen molar-refractivity contribution in [1.82, 2.24) is 10.6 Å². The van der Waals surface area contributed by atoms with Crippen LogP contribution >= 0.6 is 0 Å². The van der Waals surface area contributed by atoms with Crippen molar-refractivity contribution >= 4 is 17.6 Å². The van der Waals surface area contributed by atoms with Crippen LogP contribution in [-0.4, -0.2) is 30.7 Å². The fraction of sp³-hybridized carbons (Fsp3) is 0.438. The van der Waals surface area contributed by atoms with E-state index in [-0.39, 0.29) is 30.4 Å². The van der Waals surface area contributed by atoms with Crippen LogP contribution in [0.1, 0.15) is 31.7 Å². The van der Waals surface area contributed by atoms with Crippen molar-refractivity contribution in [3.8, 4) is 5.75 Å². The van der Waals surface area contributed by atoms with Gasteiger partial charge in [0.25, 0.3) is 0 Å². The number of aryl methyl sites for hydroxylation is 1. The predicted molar refractivity (Wildman–Crippen MR) is 85.5 cm³/mol. The van der Waals surface area contributed by atoms with E-state index < -0.39 is 0 Å². The summed E-state index contributed by atoms with van der Waals surface area (Å²) in [6.45, 7) is 2.17. The molecule has 23 heavy (non-hydrogen) atoms. The maximum atomic E-state index is 11.7. The molecule has 0 aromatic heterocycles. The Bertz CT molecular complexity index is 529. The molecule has 0 aliphatic rings. The highest BCUT2D eigenvalue weighted by Crippen LogP contribution is 2.11. The molecule has 1 rings (SSSR count). The number of nitrogens with two attached hydrogens (primary N) is 1. The molecule has 0 fully saturated rings. The van der Waals surface area contributed by atoms with Crippen LogP contribution in [0.15, 0.2) is 24.3 Å². The number of carbonyl (C=O) groups is 3. The third-order valence-electron chi connectivity index (χ3n) is 3.17. The molecule has 126 valence electrons. The Morgan fingerprint density at radius 2 is 1.52 bits per heavy atom. The Hall–Kier alpha value is -2.41. The highest BCUT2D eigenvalue weighted by atomic mass is 16.6. The first-order chi connectivity index (χ1) is 11.0. The van der Waals surface area contributed by atoms with Crippen LogP contribution in [-0.2, 0) is 20.8 Å². The summed E-state index contributed by atoms with van der Waals surface area (Å²) in [6.07, 6.45) is 1.40. The van der Waals surface area contributed by atoms with E-state index in [1.807, 2.05) is 12.1 Å². The first-order valence-corrected chi connectivity index (χ1v) is 7.49. The Morgan fingerprint density at radius 1 is 0.957 bits per heavy atom. The van der Waals surface area contributed by atoms with Gasteiger partial charge < -0.3 is 20.3 Å². The summed E-state index contributed by atoms with van der Waals surface area (Å²) in [5, 5.41) is 5.38. The SMILES string of the molecule is CC(=O)CCC(=O)NCCNC(=O)CCc1ccc(ON)cc1. The molecular weight excluding hydrogens is 298 g/mol. The molecule has 0 atom stereocenters. The Balaban J connectivity index is 2.12. The molecule has 0 aliphatic heterocycles. The molecule has 0 saturated carbocycles. The van der Waals surface area contributed by atoms with Gasteiger partial charge in [-0.25, -0.2) is 0 Å². The number of rotatable bonds is 10. The molecule has 1 aromatic carbocycles. The molecular formula is C16H23N3O4. The van der Waals surface area contributed by atoms with Gasteiger partial charge in [0.15, 0.2) is 0 Å². The number of nitrogens with one attached hydrogen (secondary N) is 2. The second kappa shape index (κ2) is 10.3. The summed E-state index contributed by atoms with van der Waals surface area (Å²) in [7, 11) is 0. The van der Waals surface area contributed by atoms with Crippen LogP contribution in [0.4, 0.5) is 0 Å². The molecule has 2 amide bonds. The molecule has 0 spiro atoms. The van der Waals surface area contributed by atoms with Crippen molar-refractivity contribution in [2.24, 2.45) is 5.90 Å². The van der Waals surface area contributed by atoms with Gasteiger partial charge in [-0.15, -0.1) is 0 Å². The van der Waals surface area contributed by atoms with Crippen molar-refractivity contribution in [2.75, 3.05) is 13.1 Å². The second-order valence-electron chi connectivity index (χ2n) is 5.16. The third kappa shape index (κ3) is 8.57. The van der Waals surface area contributed by atoms with Gasteiger partial charge in [-0.2, -0.15) is 5.90 Å². The molecule has 0 saturated heterocycles. The average molecular weight is 321 g/mol. The van der Waals surface area contributed by atoms with Gasteiger partial charge in [-0.05, 0) is 31.0 Å². The lowest BCUT2D eigenvalue weighted by Crippen LogP contribution is -2.34. The van der Waals surface area contributed by atoms with E-state index in [9.17, 15) is 14.4 Å². The van der Waals surface area contributed by atoms with Crippen LogP contribution in [0.5, 0.6) is 5.75 Å². The average Bonchev–Trinajstić information content (AvgIpc) is 2.55. The van der Waals surface area contributed by atoms with Crippen LogP contribution in [0.25, 0.3) is 0 Å². The van der Waals surface area contributed by atoms with Gasteiger partial charge >= 0.3 is 0 Å². The number of Topliss-reactive ketones (excluding diaryl/α,β-unsaturated/α-hetero) is 1. The molecule has 4 N–H and O–H groups in total. The fourth-order valence-electron chi connectivity index (χ4n) is 1.86. The lowest BCUT2D eigenvalue weighted by molar-refractivity contribution is -0.124. The zero-order chi connectivity index (χ0) is 17.1. The third-order valence-corrected chi connectivity index (χ3v) is 3.17. The maximum Gasteiger partial charge on any atom is 0.220 e. The van der Waals surface area contributed by atoms with Gasteiger partial charge in [-0.3, -0.25) is 9.59 Å². The normalized spacial score (nSPS) is 10.0. The van der Waals surface area contributed by atoms with E-state index in [1.54, 1.807) is 12.1 Å². The van der Waals surface area contributed by atoms with Crippen LogP contribution in [0, 0.1) is 0 Å². The summed E-state index contributed by atoms with van der Waals surface area (Å²) < 4.78 is 0. The van der Waals surface area contributed by atoms with E-state index in [1.165, 1.54) is 6.92 Å². The molecule has 0 heterocycles. The highest BCUT2D eigenvalue weighted by Gasteiger charge is 2.04. The number of hydrogen-bond acceptors (Lipinski definition) is 5. The lowest BCUT2D eigenvalue weighted by Gasteiger charge is -2.07. The lowest BCUT2D eigenvalue weighted by atomic mass is 10.1. The monoisotopic (exact) mass is 321 g/mol. The second-order valence-corrected chi connectivity index (χ2v) is 5.16. The van der Waals surface area contributed by atoms with Gasteiger partial charge in [0.2, 0.25) is 11.8 Å². The van der Waals surface area contributed by atoms with Crippen molar-refractivity contribution in [3.63, 3.8) is 0 Å². The largest absolute Gasteiger partial charge is 0.412 e. The zero-order valence-corrected chi connectivity index (χ0v) is 13.3. The molecule has 0 unspecified atom stereocenters. The minimum absolute atomic E-state index is 0.0143. The van der Waals surface area contributed by atoms with E-state index in [2.05, 4.69) is 15.5 Å². The zero-order valence-electron chi connectivity index (χ0n) is 13.3. The van der Waals surface area contributed by atoms with Crippen molar-refractivity contribution in [3.05, 3.63) is 29.8 Å². The van der Waals surface area contributed by atoms with Crippen molar-refractivity contribution < 1.29 is 19.2 Å². The summed E-state index contributed by atoms with van der Waals surface area (Å²) in [5.74, 6) is 5.32. The van der Waals surface area contributed by atoms with Crippen LogP contribution in [0.2, 0.25) is 0 Å². The number of ketones is 1. The topological polar surface area (TPSA) is 111 Å². The van der Waals surface area contributed by atoms with Crippen LogP contribution in [0.3, 0.4) is 0 Å². The molecule has 7 nitrogen and oxygen atoms in total. The summed E-state index contributed by atoms with van der Waals surface area (Å²) in [5.41, 5.74) is 1.01. The first-order valence-electron chi connectivity index (χ1n) is 7.49. The maximum absolute atomic E-state index is 11.7. The number of benzene rings is 1. The van der Waals surface area contributed by atoms with Gasteiger partial charge in [0.05, 0.1) is 0 Å². The Kier molecular flexibility index (Phi) is 8.38.